The third kappa shape index (κ3) is 3.63. The van der Waals surface area contributed by atoms with E-state index in [1.54, 1.807) is 26.3 Å². The Bertz CT molecular complexity index is 1330. The van der Waals surface area contributed by atoms with Crippen LogP contribution in [0.2, 0.25) is 0 Å². The van der Waals surface area contributed by atoms with Crippen LogP contribution in [-0.4, -0.2) is 58.7 Å². The van der Waals surface area contributed by atoms with Crippen LogP contribution in [0.1, 0.15) is 17.3 Å². The van der Waals surface area contributed by atoms with Gasteiger partial charge < -0.3 is 20.3 Å². The lowest BCUT2D eigenvalue weighted by atomic mass is 10.1. The molecule has 11 heteroatoms. The summed E-state index contributed by atoms with van der Waals surface area (Å²) in [5.41, 5.74) is 2.81. The molecule has 0 radical (unpaired) electrons. The number of amides is 1. The maximum atomic E-state index is 14.4. The van der Waals surface area contributed by atoms with Gasteiger partial charge in [0.25, 0.3) is 11.1 Å². The van der Waals surface area contributed by atoms with Gasteiger partial charge in [-0.1, -0.05) is 11.3 Å². The SMILES string of the molecule is COc1nc2c(C(=O)Nc3cc(F)c4nn(C)nc4c3)ccc(N3CCNC(C)C3)c2s1. The molecule has 1 fully saturated rings. The van der Waals surface area contributed by atoms with Crippen LogP contribution in [0.3, 0.4) is 0 Å². The van der Waals surface area contributed by atoms with Crippen LogP contribution < -0.4 is 20.3 Å². The third-order valence-corrected chi connectivity index (χ3v) is 6.47. The molecule has 1 amide bonds. The Hall–Kier alpha value is -3.31. The summed E-state index contributed by atoms with van der Waals surface area (Å²) in [6, 6.07) is 6.90. The Morgan fingerprint density at radius 1 is 1.31 bits per heavy atom. The molecule has 0 saturated carbocycles. The van der Waals surface area contributed by atoms with Crippen molar-refractivity contribution < 1.29 is 13.9 Å². The Morgan fingerprint density at radius 3 is 2.94 bits per heavy atom. The van der Waals surface area contributed by atoms with Crippen molar-refractivity contribution in [2.24, 2.45) is 7.05 Å². The van der Waals surface area contributed by atoms with Crippen LogP contribution in [0.15, 0.2) is 24.3 Å². The predicted octanol–water partition coefficient (Wildman–Crippen LogP) is 2.78. The largest absolute Gasteiger partial charge is 0.473 e. The summed E-state index contributed by atoms with van der Waals surface area (Å²) in [5, 5.41) is 14.8. The molecule has 32 heavy (non-hydrogen) atoms. The van der Waals surface area contributed by atoms with Crippen molar-refractivity contribution in [1.82, 2.24) is 25.3 Å². The number of anilines is 2. The molecule has 0 bridgehead atoms. The number of rotatable bonds is 4. The van der Waals surface area contributed by atoms with Crippen molar-refractivity contribution in [2.45, 2.75) is 13.0 Å². The summed E-state index contributed by atoms with van der Waals surface area (Å²) in [5.74, 6) is -0.930. The smallest absolute Gasteiger partial charge is 0.274 e. The first-order chi connectivity index (χ1) is 15.4. The maximum Gasteiger partial charge on any atom is 0.274 e. The minimum Gasteiger partial charge on any atom is -0.473 e. The van der Waals surface area contributed by atoms with Crippen molar-refractivity contribution in [3.8, 4) is 5.19 Å². The number of hydrogen-bond donors (Lipinski definition) is 2. The number of nitrogens with zero attached hydrogens (tertiary/aromatic N) is 5. The molecule has 3 heterocycles. The zero-order chi connectivity index (χ0) is 22.4. The number of hydrogen-bond acceptors (Lipinski definition) is 8. The average Bonchev–Trinajstić information content (AvgIpc) is 3.36. The number of ether oxygens (including phenoxy) is 1. The molecule has 2 aromatic heterocycles. The van der Waals surface area contributed by atoms with Gasteiger partial charge in [-0.3, -0.25) is 4.79 Å². The number of aryl methyl sites for hydroxylation is 1. The lowest BCUT2D eigenvalue weighted by Gasteiger charge is -2.34. The molecule has 2 aromatic carbocycles. The van der Waals surface area contributed by atoms with Crippen molar-refractivity contribution in [3.05, 3.63) is 35.6 Å². The normalized spacial score (nSPS) is 16.6. The number of methoxy groups -OCH3 is 1. The highest BCUT2D eigenvalue weighted by atomic mass is 32.1. The van der Waals surface area contributed by atoms with Crippen molar-refractivity contribution >= 4 is 49.9 Å². The van der Waals surface area contributed by atoms with E-state index in [2.05, 4.69) is 37.6 Å². The number of halogens is 1. The number of benzene rings is 2. The number of piperazine rings is 1. The minimum atomic E-state index is -0.547. The highest BCUT2D eigenvalue weighted by Gasteiger charge is 2.23. The Morgan fingerprint density at radius 2 is 2.16 bits per heavy atom. The fourth-order valence-corrected chi connectivity index (χ4v) is 4.95. The number of thiazole rings is 1. The molecule has 0 aliphatic carbocycles. The number of fused-ring (bicyclic) bond motifs is 2. The maximum absolute atomic E-state index is 14.4. The van der Waals surface area contributed by atoms with Crippen LogP contribution in [0.5, 0.6) is 5.19 Å². The van der Waals surface area contributed by atoms with Gasteiger partial charge in [0.15, 0.2) is 5.82 Å². The highest BCUT2D eigenvalue weighted by molar-refractivity contribution is 7.21. The van der Waals surface area contributed by atoms with Crippen LogP contribution in [-0.2, 0) is 7.05 Å². The molecule has 0 spiro atoms. The van der Waals surface area contributed by atoms with Crippen LogP contribution in [0.4, 0.5) is 15.8 Å². The first-order valence-corrected chi connectivity index (χ1v) is 11.0. The Labute approximate surface area is 187 Å². The van der Waals surface area contributed by atoms with Gasteiger partial charge in [-0.05, 0) is 31.2 Å². The number of nitrogens with one attached hydrogen (secondary N) is 2. The van der Waals surface area contributed by atoms with Crippen molar-refractivity contribution in [2.75, 3.05) is 37.0 Å². The first kappa shape index (κ1) is 20.6. The molecule has 2 N–H and O–H groups in total. The molecular weight excluding hydrogens is 433 g/mol. The van der Waals surface area contributed by atoms with Crippen LogP contribution in [0, 0.1) is 5.82 Å². The number of carbonyl (C=O) groups is 1. The first-order valence-electron chi connectivity index (χ1n) is 10.2. The quantitative estimate of drug-likeness (QED) is 0.488. The van der Waals surface area contributed by atoms with E-state index in [4.69, 9.17) is 4.74 Å². The molecular formula is C21H22FN7O2S. The van der Waals surface area contributed by atoms with Crippen LogP contribution >= 0.6 is 11.3 Å². The summed E-state index contributed by atoms with van der Waals surface area (Å²) in [7, 11) is 3.17. The fraction of sp³-hybridized carbons (Fsp3) is 0.333. The second kappa shape index (κ2) is 7.99. The van der Waals surface area contributed by atoms with Gasteiger partial charge in [0.1, 0.15) is 16.6 Å². The van der Waals surface area contributed by atoms with Gasteiger partial charge >= 0.3 is 0 Å². The van der Waals surface area contributed by atoms with Gasteiger partial charge in [0, 0.05) is 38.4 Å². The van der Waals surface area contributed by atoms with Gasteiger partial charge in [0.05, 0.1) is 23.1 Å². The fourth-order valence-electron chi connectivity index (χ4n) is 4.00. The van der Waals surface area contributed by atoms with Crippen molar-refractivity contribution in [1.29, 1.82) is 0 Å². The molecule has 1 aliphatic rings. The van der Waals surface area contributed by atoms with E-state index >= 15 is 0 Å². The second-order valence-corrected chi connectivity index (χ2v) is 8.73. The van der Waals surface area contributed by atoms with Gasteiger partial charge in [-0.15, -0.1) is 0 Å². The highest BCUT2D eigenvalue weighted by Crippen LogP contribution is 2.38. The average molecular weight is 456 g/mol. The van der Waals surface area contributed by atoms with Crippen molar-refractivity contribution in [3.63, 3.8) is 0 Å². The summed E-state index contributed by atoms with van der Waals surface area (Å²) in [4.78, 5) is 21.3. The molecule has 1 saturated heterocycles. The summed E-state index contributed by atoms with van der Waals surface area (Å²) in [6.07, 6.45) is 0. The van der Waals surface area contributed by atoms with E-state index in [9.17, 15) is 9.18 Å². The molecule has 4 aromatic rings. The number of carbonyl (C=O) groups excluding carboxylic acids is 1. The van der Waals surface area contributed by atoms with Crippen LogP contribution in [0.25, 0.3) is 21.3 Å². The Balaban J connectivity index is 1.51. The summed E-state index contributed by atoms with van der Waals surface area (Å²) in [6.45, 7) is 4.75. The minimum absolute atomic E-state index is 0.159. The van der Waals surface area contributed by atoms with E-state index in [1.165, 1.54) is 22.2 Å². The van der Waals surface area contributed by atoms with E-state index in [1.807, 2.05) is 6.07 Å². The van der Waals surface area contributed by atoms with E-state index in [-0.39, 0.29) is 11.4 Å². The summed E-state index contributed by atoms with van der Waals surface area (Å²) >= 11 is 1.41. The zero-order valence-electron chi connectivity index (χ0n) is 17.8. The monoisotopic (exact) mass is 455 g/mol. The molecule has 9 nitrogen and oxygen atoms in total. The van der Waals surface area contributed by atoms with Gasteiger partial charge in [0.2, 0.25) is 0 Å². The number of aromatic nitrogens is 4. The summed E-state index contributed by atoms with van der Waals surface area (Å²) < 4.78 is 20.6. The molecule has 5 rings (SSSR count). The third-order valence-electron chi connectivity index (χ3n) is 5.43. The van der Waals surface area contributed by atoms with Gasteiger partial charge in [-0.25, -0.2) is 9.37 Å². The Kier molecular flexibility index (Phi) is 5.14. The van der Waals surface area contributed by atoms with Gasteiger partial charge in [-0.2, -0.15) is 15.0 Å². The standard InChI is InChI=1S/C21H22FN7O2S/c1-11-10-29(7-6-23-11)16-5-4-13(17-19(16)32-21(25-17)31-3)20(30)24-12-8-14(22)18-15(9-12)26-28(2)27-18/h4-5,8-9,11,23H,6-7,10H2,1-3H3,(H,24,30). The van der Waals surface area contributed by atoms with E-state index < -0.39 is 5.82 Å². The predicted molar refractivity (Wildman–Crippen MR) is 122 cm³/mol. The second-order valence-electron chi connectivity index (χ2n) is 7.76. The molecule has 1 atom stereocenters. The van der Waals surface area contributed by atoms with E-state index in [0.29, 0.717) is 33.5 Å². The molecule has 1 aliphatic heterocycles. The lowest BCUT2D eigenvalue weighted by Crippen LogP contribution is -2.49. The molecule has 1 unspecified atom stereocenters. The lowest BCUT2D eigenvalue weighted by molar-refractivity contribution is 0.102. The zero-order valence-corrected chi connectivity index (χ0v) is 18.7. The van der Waals surface area contributed by atoms with E-state index in [0.717, 1.165) is 30.0 Å². The molecule has 166 valence electrons. The topological polar surface area (TPSA) is 97.2 Å².